The summed E-state index contributed by atoms with van der Waals surface area (Å²) >= 11 is 1.61. The van der Waals surface area contributed by atoms with Gasteiger partial charge in [0.05, 0.1) is 11.8 Å². The van der Waals surface area contributed by atoms with Gasteiger partial charge in [0, 0.05) is 17.6 Å². The molecule has 2 heterocycles. The Bertz CT molecular complexity index is 405. The molecule has 3 nitrogen and oxygen atoms in total. The van der Waals surface area contributed by atoms with Crippen molar-refractivity contribution in [3.05, 3.63) is 29.2 Å². The molecule has 0 fully saturated rings. The summed E-state index contributed by atoms with van der Waals surface area (Å²) in [5, 5.41) is 0.978. The number of furan rings is 1. The van der Waals surface area contributed by atoms with E-state index < -0.39 is 0 Å². The Morgan fingerprint density at radius 1 is 1.62 bits per heavy atom. The van der Waals surface area contributed by atoms with Crippen LogP contribution in [0.5, 0.6) is 0 Å². The van der Waals surface area contributed by atoms with Crippen LogP contribution in [0.25, 0.3) is 10.6 Å². The van der Waals surface area contributed by atoms with E-state index in [1.807, 2.05) is 19.2 Å². The van der Waals surface area contributed by atoms with Crippen LogP contribution in [0.3, 0.4) is 0 Å². The van der Waals surface area contributed by atoms with Crippen LogP contribution in [0.15, 0.2) is 22.9 Å². The van der Waals surface area contributed by atoms with Gasteiger partial charge in [-0.05, 0) is 13.0 Å². The van der Waals surface area contributed by atoms with Gasteiger partial charge in [-0.3, -0.25) is 0 Å². The van der Waals surface area contributed by atoms with Gasteiger partial charge in [0.2, 0.25) is 0 Å². The molecular formula is C9H10N2OS. The Labute approximate surface area is 80.2 Å². The van der Waals surface area contributed by atoms with Crippen molar-refractivity contribution in [3.63, 3.8) is 0 Å². The predicted molar refractivity (Wildman–Crippen MR) is 52.4 cm³/mol. The summed E-state index contributed by atoms with van der Waals surface area (Å²) in [6.07, 6.45) is 3.49. The van der Waals surface area contributed by atoms with Gasteiger partial charge in [-0.25, -0.2) is 4.98 Å². The molecule has 0 atom stereocenters. The Balaban J connectivity index is 2.41. The second-order valence-corrected chi connectivity index (χ2v) is 3.84. The normalized spacial score (nSPS) is 10.6. The smallest absolute Gasteiger partial charge is 0.127 e. The van der Waals surface area contributed by atoms with Crippen molar-refractivity contribution in [3.8, 4) is 10.6 Å². The first-order valence-electron chi connectivity index (χ1n) is 4.00. The first-order valence-corrected chi connectivity index (χ1v) is 4.82. The third kappa shape index (κ3) is 1.50. The molecule has 68 valence electrons. The molecule has 2 rings (SSSR count). The number of aromatic nitrogens is 1. The molecule has 0 aromatic carbocycles. The van der Waals surface area contributed by atoms with E-state index in [-0.39, 0.29) is 0 Å². The van der Waals surface area contributed by atoms with Crippen LogP contribution in [-0.4, -0.2) is 4.98 Å². The van der Waals surface area contributed by atoms with Crippen molar-refractivity contribution >= 4 is 11.3 Å². The van der Waals surface area contributed by atoms with Crippen molar-refractivity contribution < 1.29 is 4.42 Å². The minimum Gasteiger partial charge on any atom is -0.469 e. The van der Waals surface area contributed by atoms with Crippen LogP contribution in [0.2, 0.25) is 0 Å². The van der Waals surface area contributed by atoms with E-state index in [4.69, 9.17) is 10.2 Å². The Kier molecular flexibility index (Phi) is 2.16. The van der Waals surface area contributed by atoms with Gasteiger partial charge >= 0.3 is 0 Å². The van der Waals surface area contributed by atoms with E-state index in [9.17, 15) is 0 Å². The van der Waals surface area contributed by atoms with E-state index in [0.717, 1.165) is 21.2 Å². The van der Waals surface area contributed by atoms with Crippen LogP contribution in [0.1, 0.15) is 10.6 Å². The van der Waals surface area contributed by atoms with Crippen LogP contribution in [0.4, 0.5) is 0 Å². The molecule has 0 aliphatic carbocycles. The summed E-state index contributed by atoms with van der Waals surface area (Å²) < 4.78 is 5.20. The molecule has 0 spiro atoms. The summed E-state index contributed by atoms with van der Waals surface area (Å²) in [5.74, 6) is 0.901. The van der Waals surface area contributed by atoms with E-state index in [1.165, 1.54) is 0 Å². The fraction of sp³-hybridized carbons (Fsp3) is 0.222. The van der Waals surface area contributed by atoms with E-state index >= 15 is 0 Å². The number of thiazole rings is 1. The van der Waals surface area contributed by atoms with Crippen molar-refractivity contribution in [2.45, 2.75) is 13.5 Å². The number of nitrogens with zero attached hydrogens (tertiary/aromatic N) is 1. The molecule has 0 saturated heterocycles. The third-order valence-corrected chi connectivity index (χ3v) is 2.90. The number of hydrogen-bond acceptors (Lipinski definition) is 4. The Morgan fingerprint density at radius 3 is 3.00 bits per heavy atom. The fourth-order valence-electron chi connectivity index (χ4n) is 1.13. The molecule has 2 aromatic rings. The number of hydrogen-bond donors (Lipinski definition) is 1. The Hall–Kier alpha value is -1.13. The van der Waals surface area contributed by atoms with Gasteiger partial charge in [0.25, 0.3) is 0 Å². The van der Waals surface area contributed by atoms with Gasteiger partial charge < -0.3 is 10.2 Å². The molecule has 0 saturated carbocycles. The molecule has 0 aliphatic rings. The monoisotopic (exact) mass is 194 g/mol. The lowest BCUT2D eigenvalue weighted by atomic mass is 10.3. The highest BCUT2D eigenvalue weighted by Gasteiger charge is 2.08. The second-order valence-electron chi connectivity index (χ2n) is 2.73. The first-order chi connectivity index (χ1) is 6.31. The number of aryl methyl sites for hydroxylation is 1. The summed E-state index contributed by atoms with van der Waals surface area (Å²) in [7, 11) is 0. The predicted octanol–water partition coefficient (Wildman–Crippen LogP) is 2.17. The topological polar surface area (TPSA) is 52.0 Å². The summed E-state index contributed by atoms with van der Waals surface area (Å²) in [6, 6.07) is 1.93. The van der Waals surface area contributed by atoms with Crippen molar-refractivity contribution in [2.75, 3.05) is 0 Å². The molecule has 0 aliphatic heterocycles. The van der Waals surface area contributed by atoms with Crippen LogP contribution in [0, 0.1) is 6.92 Å². The highest BCUT2D eigenvalue weighted by Crippen LogP contribution is 2.28. The average Bonchev–Trinajstić information content (AvgIpc) is 2.71. The van der Waals surface area contributed by atoms with E-state index in [2.05, 4.69) is 4.98 Å². The van der Waals surface area contributed by atoms with Crippen LogP contribution < -0.4 is 5.73 Å². The molecular weight excluding hydrogens is 184 g/mol. The van der Waals surface area contributed by atoms with E-state index in [0.29, 0.717) is 6.54 Å². The van der Waals surface area contributed by atoms with Gasteiger partial charge in [-0.15, -0.1) is 11.3 Å². The summed E-state index contributed by atoms with van der Waals surface area (Å²) in [5.41, 5.74) is 6.56. The number of rotatable bonds is 2. The molecule has 0 unspecified atom stereocenters. The zero-order chi connectivity index (χ0) is 9.26. The fourth-order valence-corrected chi connectivity index (χ4v) is 2.00. The quantitative estimate of drug-likeness (QED) is 0.797. The lowest BCUT2D eigenvalue weighted by Crippen LogP contribution is -1.91. The number of nitrogens with two attached hydrogens (primary N) is 1. The van der Waals surface area contributed by atoms with Crippen molar-refractivity contribution in [1.82, 2.24) is 4.98 Å². The molecule has 4 heteroatoms. The lowest BCUT2D eigenvalue weighted by molar-refractivity contribution is 0.535. The Morgan fingerprint density at radius 2 is 2.46 bits per heavy atom. The zero-order valence-corrected chi connectivity index (χ0v) is 8.10. The highest BCUT2D eigenvalue weighted by atomic mass is 32.1. The SMILES string of the molecule is Cc1occc1-c1ncc(CN)s1. The standard InChI is InChI=1S/C9H10N2OS/c1-6-8(2-3-12-6)9-11-5-7(4-10)13-9/h2-3,5H,4,10H2,1H3. The summed E-state index contributed by atoms with van der Waals surface area (Å²) in [6.45, 7) is 2.48. The van der Waals surface area contributed by atoms with Gasteiger partial charge in [-0.1, -0.05) is 0 Å². The van der Waals surface area contributed by atoms with E-state index in [1.54, 1.807) is 17.6 Å². The average molecular weight is 194 g/mol. The molecule has 13 heavy (non-hydrogen) atoms. The largest absolute Gasteiger partial charge is 0.469 e. The first kappa shape index (κ1) is 8.47. The molecule has 2 aromatic heterocycles. The molecule has 0 radical (unpaired) electrons. The minimum absolute atomic E-state index is 0.550. The minimum atomic E-state index is 0.550. The zero-order valence-electron chi connectivity index (χ0n) is 7.28. The lowest BCUT2D eigenvalue weighted by Gasteiger charge is -1.90. The van der Waals surface area contributed by atoms with Gasteiger partial charge in [-0.2, -0.15) is 0 Å². The maximum absolute atomic E-state index is 5.50. The van der Waals surface area contributed by atoms with Crippen molar-refractivity contribution in [1.29, 1.82) is 0 Å². The molecule has 0 amide bonds. The van der Waals surface area contributed by atoms with Crippen LogP contribution >= 0.6 is 11.3 Å². The van der Waals surface area contributed by atoms with Crippen LogP contribution in [-0.2, 0) is 6.54 Å². The maximum Gasteiger partial charge on any atom is 0.127 e. The highest BCUT2D eigenvalue weighted by molar-refractivity contribution is 7.15. The molecule has 0 bridgehead atoms. The molecule has 2 N–H and O–H groups in total. The van der Waals surface area contributed by atoms with Gasteiger partial charge in [0.15, 0.2) is 0 Å². The maximum atomic E-state index is 5.50. The summed E-state index contributed by atoms with van der Waals surface area (Å²) in [4.78, 5) is 5.36. The second kappa shape index (κ2) is 3.32. The van der Waals surface area contributed by atoms with Gasteiger partial charge in [0.1, 0.15) is 10.8 Å². The third-order valence-electron chi connectivity index (χ3n) is 1.84. The van der Waals surface area contributed by atoms with Crippen molar-refractivity contribution in [2.24, 2.45) is 5.73 Å².